The van der Waals surface area contributed by atoms with Crippen LogP contribution in [-0.2, 0) is 15.5 Å². The van der Waals surface area contributed by atoms with Crippen molar-refractivity contribution >= 4 is 10.8 Å². The molecule has 0 spiro atoms. The molecular weight excluding hydrogens is 268 g/mol. The lowest BCUT2D eigenvalue weighted by atomic mass is 9.96. The van der Waals surface area contributed by atoms with Crippen molar-refractivity contribution in [2.24, 2.45) is 0 Å². The van der Waals surface area contributed by atoms with Crippen LogP contribution >= 0.6 is 0 Å². The van der Waals surface area contributed by atoms with Crippen molar-refractivity contribution in [2.75, 3.05) is 12.4 Å². The van der Waals surface area contributed by atoms with E-state index in [4.69, 9.17) is 4.74 Å². The van der Waals surface area contributed by atoms with E-state index in [1.807, 2.05) is 6.26 Å². The first kappa shape index (κ1) is 16.1. The van der Waals surface area contributed by atoms with E-state index >= 15 is 0 Å². The van der Waals surface area contributed by atoms with Gasteiger partial charge in [0, 0.05) is 21.8 Å². The minimum absolute atomic E-state index is 0.432. The predicted octanol–water partition coefficient (Wildman–Crippen LogP) is 4.71. The lowest BCUT2D eigenvalue weighted by Gasteiger charge is -2.19. The molecule has 1 saturated heterocycles. The SMILES string of the molecule is O=S1CCCCCCC1CCCOC=C1CCCCC1. The molecule has 0 aromatic rings. The van der Waals surface area contributed by atoms with Gasteiger partial charge in [-0.3, -0.25) is 4.21 Å². The van der Waals surface area contributed by atoms with Crippen LogP contribution in [0.15, 0.2) is 11.8 Å². The molecule has 1 aliphatic heterocycles. The molecule has 0 bridgehead atoms. The number of hydrogen-bond acceptors (Lipinski definition) is 2. The Balaban J connectivity index is 1.60. The molecule has 2 aliphatic rings. The topological polar surface area (TPSA) is 26.3 Å². The molecule has 2 unspecified atom stereocenters. The Morgan fingerprint density at radius 1 is 1.05 bits per heavy atom. The molecule has 20 heavy (non-hydrogen) atoms. The third-order valence-corrected chi connectivity index (χ3v) is 6.43. The summed E-state index contributed by atoms with van der Waals surface area (Å²) < 4.78 is 17.8. The Kier molecular flexibility index (Phi) is 7.71. The van der Waals surface area contributed by atoms with Crippen molar-refractivity contribution in [3.05, 3.63) is 11.8 Å². The Hall–Kier alpha value is -0.310. The van der Waals surface area contributed by atoms with Crippen LogP contribution in [-0.4, -0.2) is 21.8 Å². The molecule has 3 heteroatoms. The van der Waals surface area contributed by atoms with Gasteiger partial charge < -0.3 is 4.74 Å². The van der Waals surface area contributed by atoms with E-state index in [0.29, 0.717) is 5.25 Å². The lowest BCUT2D eigenvalue weighted by molar-refractivity contribution is 0.235. The highest BCUT2D eigenvalue weighted by Gasteiger charge is 2.17. The van der Waals surface area contributed by atoms with E-state index in [1.54, 1.807) is 0 Å². The van der Waals surface area contributed by atoms with Crippen molar-refractivity contribution in [3.8, 4) is 0 Å². The van der Waals surface area contributed by atoms with E-state index < -0.39 is 10.8 Å². The summed E-state index contributed by atoms with van der Waals surface area (Å²) in [4.78, 5) is 0. The van der Waals surface area contributed by atoms with E-state index in [9.17, 15) is 4.21 Å². The molecule has 1 heterocycles. The predicted molar refractivity (Wildman–Crippen MR) is 86.2 cm³/mol. The van der Waals surface area contributed by atoms with Gasteiger partial charge in [-0.2, -0.15) is 0 Å². The Labute approximate surface area is 126 Å². The quantitative estimate of drug-likeness (QED) is 0.542. The number of ether oxygens (including phenoxy) is 1. The second kappa shape index (κ2) is 9.59. The third kappa shape index (κ3) is 5.99. The average Bonchev–Trinajstić information content (AvgIpc) is 2.46. The number of rotatable bonds is 5. The van der Waals surface area contributed by atoms with Crippen LogP contribution in [0.3, 0.4) is 0 Å². The van der Waals surface area contributed by atoms with Crippen LogP contribution in [0.1, 0.15) is 77.0 Å². The Morgan fingerprint density at radius 3 is 2.65 bits per heavy atom. The monoisotopic (exact) mass is 298 g/mol. The van der Waals surface area contributed by atoms with Crippen LogP contribution in [0.2, 0.25) is 0 Å². The van der Waals surface area contributed by atoms with Crippen molar-refractivity contribution in [2.45, 2.75) is 82.3 Å². The van der Waals surface area contributed by atoms with Crippen molar-refractivity contribution in [3.63, 3.8) is 0 Å². The second-order valence-electron chi connectivity index (χ2n) is 6.26. The fourth-order valence-electron chi connectivity index (χ4n) is 3.24. The maximum Gasteiger partial charge on any atom is 0.0873 e. The van der Waals surface area contributed by atoms with Gasteiger partial charge in [0.15, 0.2) is 0 Å². The zero-order valence-corrected chi connectivity index (χ0v) is 13.6. The first-order valence-electron chi connectivity index (χ1n) is 8.53. The summed E-state index contributed by atoms with van der Waals surface area (Å²) in [6.45, 7) is 0.803. The van der Waals surface area contributed by atoms with E-state index in [-0.39, 0.29) is 0 Å². The van der Waals surface area contributed by atoms with Crippen LogP contribution in [0, 0.1) is 0 Å². The largest absolute Gasteiger partial charge is 0.501 e. The molecular formula is C17H30O2S. The van der Waals surface area contributed by atoms with Crippen LogP contribution in [0.4, 0.5) is 0 Å². The molecule has 1 aliphatic carbocycles. The Bertz CT molecular complexity index is 317. The molecule has 2 nitrogen and oxygen atoms in total. The third-order valence-electron chi connectivity index (χ3n) is 4.53. The molecule has 0 aromatic carbocycles. The Morgan fingerprint density at radius 2 is 1.80 bits per heavy atom. The summed E-state index contributed by atoms with van der Waals surface area (Å²) in [5.74, 6) is 0.926. The first-order valence-corrected chi connectivity index (χ1v) is 9.91. The molecule has 1 saturated carbocycles. The molecule has 116 valence electrons. The van der Waals surface area contributed by atoms with Crippen LogP contribution in [0.5, 0.6) is 0 Å². The fraction of sp³-hybridized carbons (Fsp3) is 0.882. The summed E-state index contributed by atoms with van der Waals surface area (Å²) >= 11 is 0. The average molecular weight is 298 g/mol. The molecule has 0 amide bonds. The minimum Gasteiger partial charge on any atom is -0.501 e. The zero-order valence-electron chi connectivity index (χ0n) is 12.8. The molecule has 0 aromatic heterocycles. The number of allylic oxidation sites excluding steroid dienone is 1. The van der Waals surface area contributed by atoms with Crippen molar-refractivity contribution in [1.82, 2.24) is 0 Å². The highest BCUT2D eigenvalue weighted by molar-refractivity contribution is 7.85. The molecule has 2 rings (SSSR count). The van der Waals surface area contributed by atoms with Gasteiger partial charge in [-0.25, -0.2) is 0 Å². The standard InChI is InChI=1S/C17H30O2S/c18-20-14-7-2-1-6-11-17(20)12-8-13-19-15-16-9-4-3-5-10-16/h15,17H,1-14H2. The van der Waals surface area contributed by atoms with Crippen molar-refractivity contribution in [1.29, 1.82) is 0 Å². The van der Waals surface area contributed by atoms with E-state index in [0.717, 1.165) is 38.0 Å². The van der Waals surface area contributed by atoms with Gasteiger partial charge in [0.05, 0.1) is 12.9 Å². The lowest BCUT2D eigenvalue weighted by Crippen LogP contribution is -2.20. The van der Waals surface area contributed by atoms with Crippen molar-refractivity contribution < 1.29 is 8.95 Å². The minimum atomic E-state index is -0.587. The van der Waals surface area contributed by atoms with Gasteiger partial charge in [0.2, 0.25) is 0 Å². The highest BCUT2D eigenvalue weighted by Crippen LogP contribution is 2.23. The van der Waals surface area contributed by atoms with Crippen LogP contribution in [0.25, 0.3) is 0 Å². The van der Waals surface area contributed by atoms with Gasteiger partial charge in [-0.05, 0) is 56.9 Å². The fourth-order valence-corrected chi connectivity index (χ4v) is 4.92. The molecule has 0 N–H and O–H groups in total. The van der Waals surface area contributed by atoms with E-state index in [1.165, 1.54) is 56.9 Å². The second-order valence-corrected chi connectivity index (χ2v) is 8.10. The molecule has 2 fully saturated rings. The van der Waals surface area contributed by atoms with Gasteiger partial charge in [0.1, 0.15) is 0 Å². The summed E-state index contributed by atoms with van der Waals surface area (Å²) in [5, 5.41) is 0.432. The molecule has 2 atom stereocenters. The van der Waals surface area contributed by atoms with Gasteiger partial charge in [-0.15, -0.1) is 0 Å². The van der Waals surface area contributed by atoms with Gasteiger partial charge >= 0.3 is 0 Å². The number of hydrogen-bond donors (Lipinski definition) is 0. The maximum atomic E-state index is 12.1. The normalized spacial score (nSPS) is 28.5. The maximum absolute atomic E-state index is 12.1. The summed E-state index contributed by atoms with van der Waals surface area (Å²) in [6, 6.07) is 0. The molecule has 0 radical (unpaired) electrons. The smallest absolute Gasteiger partial charge is 0.0873 e. The van der Waals surface area contributed by atoms with Gasteiger partial charge in [-0.1, -0.05) is 25.7 Å². The summed E-state index contributed by atoms with van der Waals surface area (Å²) in [7, 11) is -0.587. The van der Waals surface area contributed by atoms with E-state index in [2.05, 4.69) is 0 Å². The zero-order chi connectivity index (χ0) is 14.0. The highest BCUT2D eigenvalue weighted by atomic mass is 32.2. The van der Waals surface area contributed by atoms with Gasteiger partial charge in [0.25, 0.3) is 0 Å². The first-order chi connectivity index (χ1) is 9.86. The summed E-state index contributed by atoms with van der Waals surface area (Å²) in [5.41, 5.74) is 1.49. The summed E-state index contributed by atoms with van der Waals surface area (Å²) in [6.07, 6.45) is 16.8. The van der Waals surface area contributed by atoms with Crippen LogP contribution < -0.4 is 0 Å².